The SMILES string of the molecule is CCC1CC1NC(=O)C(N)Cc1c[nH]c2ccccc12. The molecule has 0 saturated heterocycles. The van der Waals surface area contributed by atoms with E-state index < -0.39 is 6.04 Å². The Balaban J connectivity index is 1.63. The van der Waals surface area contributed by atoms with Crippen LogP contribution < -0.4 is 11.1 Å². The minimum absolute atomic E-state index is 0.0313. The number of hydrogen-bond acceptors (Lipinski definition) is 2. The summed E-state index contributed by atoms with van der Waals surface area (Å²) in [5.41, 5.74) is 8.23. The summed E-state index contributed by atoms with van der Waals surface area (Å²) in [6.45, 7) is 2.16. The number of carbonyl (C=O) groups excluding carboxylic acids is 1. The maximum Gasteiger partial charge on any atom is 0.237 e. The van der Waals surface area contributed by atoms with Gasteiger partial charge in [0.2, 0.25) is 5.91 Å². The number of benzene rings is 1. The predicted molar refractivity (Wildman–Crippen MR) is 80.3 cm³/mol. The zero-order valence-corrected chi connectivity index (χ0v) is 11.7. The van der Waals surface area contributed by atoms with Gasteiger partial charge in [-0.05, 0) is 30.4 Å². The molecule has 1 aliphatic rings. The van der Waals surface area contributed by atoms with Crippen LogP contribution in [0.25, 0.3) is 10.9 Å². The fourth-order valence-corrected chi connectivity index (χ4v) is 2.80. The Bertz CT molecular complexity index is 619. The fourth-order valence-electron chi connectivity index (χ4n) is 2.80. The Morgan fingerprint density at radius 3 is 3.05 bits per heavy atom. The standard InChI is InChI=1S/C16H21N3O/c1-2-10-8-15(10)19-16(20)13(17)7-11-9-18-14-6-4-3-5-12(11)14/h3-6,9-10,13,15,18H,2,7-8,17H2,1H3,(H,19,20). The number of H-pyrrole nitrogens is 1. The molecule has 1 aromatic carbocycles. The van der Waals surface area contributed by atoms with E-state index in [2.05, 4.69) is 23.3 Å². The van der Waals surface area contributed by atoms with E-state index in [1.54, 1.807) is 0 Å². The molecule has 1 fully saturated rings. The number of nitrogens with two attached hydrogens (primary N) is 1. The second-order valence-corrected chi connectivity index (χ2v) is 5.69. The highest BCUT2D eigenvalue weighted by Gasteiger charge is 2.37. The molecule has 0 bridgehead atoms. The number of carbonyl (C=O) groups is 1. The van der Waals surface area contributed by atoms with Gasteiger partial charge in [0.1, 0.15) is 0 Å². The van der Waals surface area contributed by atoms with Crippen LogP contribution in [0.15, 0.2) is 30.5 Å². The number of amides is 1. The Labute approximate surface area is 118 Å². The number of rotatable bonds is 5. The van der Waals surface area contributed by atoms with Crippen LogP contribution in [-0.4, -0.2) is 23.0 Å². The van der Waals surface area contributed by atoms with Crippen molar-refractivity contribution in [2.75, 3.05) is 0 Å². The average molecular weight is 271 g/mol. The lowest BCUT2D eigenvalue weighted by molar-refractivity contribution is -0.122. The predicted octanol–water partition coefficient (Wildman–Crippen LogP) is 1.95. The lowest BCUT2D eigenvalue weighted by atomic mass is 10.1. The van der Waals surface area contributed by atoms with Gasteiger partial charge in [-0.25, -0.2) is 0 Å². The third kappa shape index (κ3) is 2.56. The van der Waals surface area contributed by atoms with Crippen molar-refractivity contribution in [2.45, 2.75) is 38.3 Å². The molecule has 1 amide bonds. The largest absolute Gasteiger partial charge is 0.361 e. The summed E-state index contributed by atoms with van der Waals surface area (Å²) < 4.78 is 0. The zero-order valence-electron chi connectivity index (χ0n) is 11.7. The molecule has 3 atom stereocenters. The van der Waals surface area contributed by atoms with Crippen molar-refractivity contribution in [3.05, 3.63) is 36.0 Å². The molecule has 4 heteroatoms. The maximum absolute atomic E-state index is 12.1. The first-order valence-corrected chi connectivity index (χ1v) is 7.30. The van der Waals surface area contributed by atoms with Gasteiger partial charge in [-0.2, -0.15) is 0 Å². The molecule has 0 radical (unpaired) electrons. The van der Waals surface area contributed by atoms with Crippen LogP contribution >= 0.6 is 0 Å². The van der Waals surface area contributed by atoms with Crippen molar-refractivity contribution in [2.24, 2.45) is 11.7 Å². The lowest BCUT2D eigenvalue weighted by Gasteiger charge is -2.11. The van der Waals surface area contributed by atoms with Crippen molar-refractivity contribution < 1.29 is 4.79 Å². The number of aromatic amines is 1. The van der Waals surface area contributed by atoms with Gasteiger partial charge in [0.25, 0.3) is 0 Å². The van der Waals surface area contributed by atoms with E-state index in [1.165, 1.54) is 0 Å². The first-order chi connectivity index (χ1) is 9.69. The Hall–Kier alpha value is -1.81. The van der Waals surface area contributed by atoms with Crippen molar-refractivity contribution in [3.8, 4) is 0 Å². The molecule has 1 saturated carbocycles. The third-order valence-electron chi connectivity index (χ3n) is 4.23. The molecule has 4 N–H and O–H groups in total. The molecule has 20 heavy (non-hydrogen) atoms. The molecule has 1 heterocycles. The Morgan fingerprint density at radius 2 is 2.30 bits per heavy atom. The highest BCUT2D eigenvalue weighted by atomic mass is 16.2. The highest BCUT2D eigenvalue weighted by Crippen LogP contribution is 2.33. The van der Waals surface area contributed by atoms with Gasteiger partial charge in [-0.3, -0.25) is 4.79 Å². The molecule has 1 aliphatic carbocycles. The van der Waals surface area contributed by atoms with Crippen LogP contribution in [0.2, 0.25) is 0 Å². The van der Waals surface area contributed by atoms with Gasteiger partial charge in [0.05, 0.1) is 6.04 Å². The van der Waals surface area contributed by atoms with Crippen LogP contribution in [0.5, 0.6) is 0 Å². The van der Waals surface area contributed by atoms with Crippen LogP contribution in [0.1, 0.15) is 25.3 Å². The van der Waals surface area contributed by atoms with Crippen LogP contribution in [-0.2, 0) is 11.2 Å². The molecule has 4 nitrogen and oxygen atoms in total. The van der Waals surface area contributed by atoms with Crippen LogP contribution in [0, 0.1) is 5.92 Å². The third-order valence-corrected chi connectivity index (χ3v) is 4.23. The molecule has 1 aromatic heterocycles. The zero-order chi connectivity index (χ0) is 14.1. The number of aromatic nitrogens is 1. The Morgan fingerprint density at radius 1 is 1.50 bits per heavy atom. The molecule has 2 aromatic rings. The van der Waals surface area contributed by atoms with Crippen molar-refractivity contribution >= 4 is 16.8 Å². The topological polar surface area (TPSA) is 70.9 Å². The average Bonchev–Trinajstić information content (AvgIpc) is 3.10. The minimum Gasteiger partial charge on any atom is -0.361 e. The van der Waals surface area contributed by atoms with E-state index in [1.807, 2.05) is 24.4 Å². The summed E-state index contributed by atoms with van der Waals surface area (Å²) in [5, 5.41) is 4.19. The molecule has 0 aliphatic heterocycles. The molecular formula is C16H21N3O. The highest BCUT2D eigenvalue weighted by molar-refractivity contribution is 5.86. The van der Waals surface area contributed by atoms with Crippen molar-refractivity contribution in [1.82, 2.24) is 10.3 Å². The minimum atomic E-state index is -0.479. The van der Waals surface area contributed by atoms with E-state index >= 15 is 0 Å². The summed E-state index contributed by atoms with van der Waals surface area (Å²) in [4.78, 5) is 15.3. The number of para-hydroxylation sites is 1. The number of hydrogen-bond donors (Lipinski definition) is 3. The van der Waals surface area contributed by atoms with Gasteiger partial charge in [-0.1, -0.05) is 31.5 Å². The Kier molecular flexibility index (Phi) is 3.49. The monoisotopic (exact) mass is 271 g/mol. The van der Waals surface area contributed by atoms with Gasteiger partial charge in [0, 0.05) is 23.1 Å². The lowest BCUT2D eigenvalue weighted by Crippen LogP contribution is -2.43. The summed E-state index contributed by atoms with van der Waals surface area (Å²) in [5.74, 6) is 0.621. The van der Waals surface area contributed by atoms with Gasteiger partial charge in [-0.15, -0.1) is 0 Å². The molecule has 0 spiro atoms. The summed E-state index contributed by atoms with van der Waals surface area (Å²) in [6, 6.07) is 7.95. The molecule has 106 valence electrons. The first-order valence-electron chi connectivity index (χ1n) is 7.30. The second-order valence-electron chi connectivity index (χ2n) is 5.69. The van der Waals surface area contributed by atoms with E-state index in [9.17, 15) is 4.79 Å². The smallest absolute Gasteiger partial charge is 0.237 e. The van der Waals surface area contributed by atoms with Crippen LogP contribution in [0.4, 0.5) is 0 Å². The fraction of sp³-hybridized carbons (Fsp3) is 0.438. The maximum atomic E-state index is 12.1. The molecule has 3 unspecified atom stereocenters. The van der Waals surface area contributed by atoms with E-state index in [0.29, 0.717) is 18.4 Å². The van der Waals surface area contributed by atoms with E-state index in [-0.39, 0.29) is 5.91 Å². The quantitative estimate of drug-likeness (QED) is 0.778. The number of fused-ring (bicyclic) bond motifs is 1. The first kappa shape index (κ1) is 13.2. The summed E-state index contributed by atoms with van der Waals surface area (Å²) in [6.07, 6.45) is 4.74. The van der Waals surface area contributed by atoms with Gasteiger partial charge >= 0.3 is 0 Å². The van der Waals surface area contributed by atoms with Gasteiger partial charge < -0.3 is 16.0 Å². The second kappa shape index (κ2) is 5.29. The van der Waals surface area contributed by atoms with Crippen molar-refractivity contribution in [3.63, 3.8) is 0 Å². The summed E-state index contributed by atoms with van der Waals surface area (Å²) >= 11 is 0. The number of nitrogens with one attached hydrogen (secondary N) is 2. The summed E-state index contributed by atoms with van der Waals surface area (Å²) in [7, 11) is 0. The van der Waals surface area contributed by atoms with E-state index in [0.717, 1.165) is 29.3 Å². The molecule has 3 rings (SSSR count). The van der Waals surface area contributed by atoms with Gasteiger partial charge in [0.15, 0.2) is 0 Å². The normalized spacial score (nSPS) is 22.7. The van der Waals surface area contributed by atoms with E-state index in [4.69, 9.17) is 5.73 Å². The molecular weight excluding hydrogens is 250 g/mol. The van der Waals surface area contributed by atoms with Crippen molar-refractivity contribution in [1.29, 1.82) is 0 Å². The van der Waals surface area contributed by atoms with Crippen LogP contribution in [0.3, 0.4) is 0 Å².